The van der Waals surface area contributed by atoms with Crippen LogP contribution in [0.3, 0.4) is 0 Å². The summed E-state index contributed by atoms with van der Waals surface area (Å²) in [6.07, 6.45) is 0. The number of benzene rings is 1. The first-order chi connectivity index (χ1) is 9.43. The highest BCUT2D eigenvalue weighted by atomic mass is 79.9. The minimum atomic E-state index is -0.564. The van der Waals surface area contributed by atoms with Crippen LogP contribution in [0.5, 0.6) is 5.75 Å². The van der Waals surface area contributed by atoms with Crippen molar-refractivity contribution >= 4 is 37.7 Å². The standard InChI is InChI=1S/C13H11Br2NO4/c1-7-5-11(19-2)8(6-9(7)14)13(15)10-3-4-12(20-10)16(17)18/h3-6,13H,1-2H3. The third-order valence-electron chi connectivity index (χ3n) is 2.83. The van der Waals surface area contributed by atoms with E-state index in [9.17, 15) is 10.1 Å². The van der Waals surface area contributed by atoms with Gasteiger partial charge < -0.3 is 9.15 Å². The molecule has 0 radical (unpaired) electrons. The molecular weight excluding hydrogens is 394 g/mol. The van der Waals surface area contributed by atoms with Crippen molar-refractivity contribution in [3.63, 3.8) is 0 Å². The van der Waals surface area contributed by atoms with Gasteiger partial charge in [-0.15, -0.1) is 0 Å². The lowest BCUT2D eigenvalue weighted by Crippen LogP contribution is -1.97. The van der Waals surface area contributed by atoms with Gasteiger partial charge in [-0.25, -0.2) is 0 Å². The molecule has 0 saturated carbocycles. The number of nitrogens with zero attached hydrogens (tertiary/aromatic N) is 1. The zero-order valence-electron chi connectivity index (χ0n) is 10.7. The number of ether oxygens (including phenoxy) is 1. The average Bonchev–Trinajstić information content (AvgIpc) is 2.90. The largest absolute Gasteiger partial charge is 0.496 e. The van der Waals surface area contributed by atoms with Gasteiger partial charge in [0, 0.05) is 10.0 Å². The number of furan rings is 1. The van der Waals surface area contributed by atoms with E-state index in [1.54, 1.807) is 13.2 Å². The Labute approximate surface area is 132 Å². The molecule has 106 valence electrons. The summed E-state index contributed by atoms with van der Waals surface area (Å²) in [5.41, 5.74) is 1.87. The summed E-state index contributed by atoms with van der Waals surface area (Å²) >= 11 is 6.95. The molecule has 1 aromatic carbocycles. The molecular formula is C13H11Br2NO4. The van der Waals surface area contributed by atoms with Gasteiger partial charge in [0.15, 0.2) is 0 Å². The number of hydrogen-bond acceptors (Lipinski definition) is 4. The lowest BCUT2D eigenvalue weighted by molar-refractivity contribution is -0.402. The molecule has 0 bridgehead atoms. The quantitative estimate of drug-likeness (QED) is 0.419. The highest BCUT2D eigenvalue weighted by molar-refractivity contribution is 9.10. The average molecular weight is 405 g/mol. The molecule has 0 aliphatic carbocycles. The predicted octanol–water partition coefficient (Wildman–Crippen LogP) is 4.75. The van der Waals surface area contributed by atoms with Crippen molar-refractivity contribution in [3.05, 3.63) is 55.7 Å². The molecule has 1 atom stereocenters. The minimum absolute atomic E-state index is 0.283. The summed E-state index contributed by atoms with van der Waals surface area (Å²) < 4.78 is 11.5. The van der Waals surface area contributed by atoms with Gasteiger partial charge in [0.1, 0.15) is 21.3 Å². The Morgan fingerprint density at radius 2 is 2.10 bits per heavy atom. The molecule has 0 aliphatic rings. The molecule has 5 nitrogen and oxygen atoms in total. The molecule has 1 aromatic heterocycles. The lowest BCUT2D eigenvalue weighted by atomic mass is 10.1. The van der Waals surface area contributed by atoms with Crippen molar-refractivity contribution in [1.82, 2.24) is 0 Å². The number of halogens is 2. The molecule has 0 aliphatic heterocycles. The number of rotatable bonds is 4. The topological polar surface area (TPSA) is 65.5 Å². The second-order valence-electron chi connectivity index (χ2n) is 4.14. The Morgan fingerprint density at radius 3 is 2.65 bits per heavy atom. The van der Waals surface area contributed by atoms with E-state index < -0.39 is 4.92 Å². The van der Waals surface area contributed by atoms with E-state index in [1.807, 2.05) is 19.1 Å². The fraction of sp³-hybridized carbons (Fsp3) is 0.231. The van der Waals surface area contributed by atoms with Gasteiger partial charge in [0.2, 0.25) is 0 Å². The molecule has 1 unspecified atom stereocenters. The summed E-state index contributed by atoms with van der Waals surface area (Å²) in [6, 6.07) is 6.71. The van der Waals surface area contributed by atoms with Gasteiger partial charge in [-0.05, 0) is 30.7 Å². The Morgan fingerprint density at radius 1 is 1.40 bits per heavy atom. The molecule has 0 amide bonds. The van der Waals surface area contributed by atoms with Crippen molar-refractivity contribution < 1.29 is 14.1 Å². The van der Waals surface area contributed by atoms with Crippen LogP contribution in [0.2, 0.25) is 0 Å². The molecule has 2 aromatic rings. The highest BCUT2D eigenvalue weighted by Crippen LogP contribution is 2.40. The summed E-state index contributed by atoms with van der Waals surface area (Å²) in [7, 11) is 1.58. The summed E-state index contributed by atoms with van der Waals surface area (Å²) in [6.45, 7) is 1.96. The Hall–Kier alpha value is -1.34. The molecule has 0 fully saturated rings. The Bertz CT molecular complexity index is 654. The first kappa shape index (κ1) is 15.1. The van der Waals surface area contributed by atoms with Crippen molar-refractivity contribution in [3.8, 4) is 5.75 Å². The second kappa shape index (κ2) is 5.97. The van der Waals surface area contributed by atoms with Gasteiger partial charge in [0.25, 0.3) is 0 Å². The van der Waals surface area contributed by atoms with E-state index in [0.717, 1.165) is 15.6 Å². The van der Waals surface area contributed by atoms with Crippen molar-refractivity contribution in [2.24, 2.45) is 0 Å². The van der Waals surface area contributed by atoms with Crippen molar-refractivity contribution in [1.29, 1.82) is 0 Å². The van der Waals surface area contributed by atoms with E-state index in [-0.39, 0.29) is 10.7 Å². The first-order valence-corrected chi connectivity index (χ1v) is 7.37. The zero-order valence-corrected chi connectivity index (χ0v) is 13.9. The van der Waals surface area contributed by atoms with E-state index in [0.29, 0.717) is 11.5 Å². The number of alkyl halides is 1. The van der Waals surface area contributed by atoms with Crippen LogP contribution < -0.4 is 4.74 Å². The molecule has 1 heterocycles. The van der Waals surface area contributed by atoms with E-state index in [1.165, 1.54) is 6.07 Å². The van der Waals surface area contributed by atoms with Crippen LogP contribution in [0.1, 0.15) is 21.7 Å². The fourth-order valence-electron chi connectivity index (χ4n) is 1.78. The zero-order chi connectivity index (χ0) is 14.9. The molecule has 0 saturated heterocycles. The molecule has 0 spiro atoms. The Balaban J connectivity index is 2.43. The fourth-order valence-corrected chi connectivity index (χ4v) is 2.74. The third kappa shape index (κ3) is 2.88. The van der Waals surface area contributed by atoms with Crippen LogP contribution in [-0.2, 0) is 0 Å². The monoisotopic (exact) mass is 403 g/mol. The minimum Gasteiger partial charge on any atom is -0.496 e. The maximum atomic E-state index is 10.7. The van der Waals surface area contributed by atoms with E-state index in [4.69, 9.17) is 9.15 Å². The maximum Gasteiger partial charge on any atom is 0.433 e. The summed E-state index contributed by atoms with van der Waals surface area (Å²) in [5, 5.41) is 10.7. The van der Waals surface area contributed by atoms with Crippen molar-refractivity contribution in [2.75, 3.05) is 7.11 Å². The van der Waals surface area contributed by atoms with Gasteiger partial charge >= 0.3 is 5.88 Å². The first-order valence-electron chi connectivity index (χ1n) is 5.66. The molecule has 2 rings (SSSR count). The molecule has 7 heteroatoms. The van der Waals surface area contributed by atoms with Crippen LogP contribution >= 0.6 is 31.9 Å². The number of nitro groups is 1. The van der Waals surface area contributed by atoms with Crippen LogP contribution in [-0.4, -0.2) is 12.0 Å². The predicted molar refractivity (Wildman–Crippen MR) is 81.6 cm³/mol. The maximum absolute atomic E-state index is 10.7. The van der Waals surface area contributed by atoms with Crippen molar-refractivity contribution in [2.45, 2.75) is 11.8 Å². The molecule has 20 heavy (non-hydrogen) atoms. The van der Waals surface area contributed by atoms with Gasteiger partial charge in [0.05, 0.1) is 13.2 Å². The van der Waals surface area contributed by atoms with Crippen LogP contribution in [0.25, 0.3) is 0 Å². The van der Waals surface area contributed by atoms with Crippen LogP contribution in [0.15, 0.2) is 33.2 Å². The van der Waals surface area contributed by atoms with E-state index >= 15 is 0 Å². The number of aryl methyl sites for hydroxylation is 1. The Kier molecular flexibility index (Phi) is 4.49. The van der Waals surface area contributed by atoms with E-state index in [2.05, 4.69) is 31.9 Å². The second-order valence-corrected chi connectivity index (χ2v) is 5.91. The highest BCUT2D eigenvalue weighted by Gasteiger charge is 2.22. The lowest BCUT2D eigenvalue weighted by Gasteiger charge is -2.14. The summed E-state index contributed by atoms with van der Waals surface area (Å²) in [4.78, 5) is 9.77. The van der Waals surface area contributed by atoms with Gasteiger partial charge in [-0.2, -0.15) is 0 Å². The molecule has 0 N–H and O–H groups in total. The summed E-state index contributed by atoms with van der Waals surface area (Å²) in [5.74, 6) is 0.854. The number of hydrogen-bond donors (Lipinski definition) is 0. The van der Waals surface area contributed by atoms with Crippen LogP contribution in [0.4, 0.5) is 5.88 Å². The normalized spacial score (nSPS) is 12.2. The SMILES string of the molecule is COc1cc(C)c(Br)cc1C(Br)c1ccc([N+](=O)[O-])o1. The van der Waals surface area contributed by atoms with Gasteiger partial charge in [-0.1, -0.05) is 31.9 Å². The smallest absolute Gasteiger partial charge is 0.433 e. The third-order valence-corrected chi connectivity index (χ3v) is 4.63. The van der Waals surface area contributed by atoms with Crippen LogP contribution in [0, 0.1) is 17.0 Å². The number of methoxy groups -OCH3 is 1. The van der Waals surface area contributed by atoms with Gasteiger partial charge in [-0.3, -0.25) is 10.1 Å².